The highest BCUT2D eigenvalue weighted by Gasteiger charge is 2.14. The molecule has 1 aromatic heterocycles. The molecule has 0 spiro atoms. The number of nitrogens with two attached hydrogens (primary N) is 1. The lowest BCUT2D eigenvalue weighted by Gasteiger charge is -2.12. The number of nitrogen functional groups attached to an aromatic ring is 1. The van der Waals surface area contributed by atoms with Gasteiger partial charge in [-0.15, -0.1) is 10.2 Å². The van der Waals surface area contributed by atoms with E-state index in [9.17, 15) is 9.18 Å². The monoisotopic (exact) mass is 385 g/mol. The molecule has 1 amide bonds. The van der Waals surface area contributed by atoms with Crippen molar-refractivity contribution in [3.8, 4) is 11.4 Å². The summed E-state index contributed by atoms with van der Waals surface area (Å²) in [4.78, 5) is 12.1. The van der Waals surface area contributed by atoms with Gasteiger partial charge in [0.15, 0.2) is 5.82 Å². The first kappa shape index (κ1) is 18.9. The van der Waals surface area contributed by atoms with Crippen LogP contribution in [0.3, 0.4) is 0 Å². The molecular formula is C19H20FN5OS. The predicted molar refractivity (Wildman–Crippen MR) is 104 cm³/mol. The maximum atomic E-state index is 13.0. The summed E-state index contributed by atoms with van der Waals surface area (Å²) >= 11 is 1.20. The summed E-state index contributed by atoms with van der Waals surface area (Å²) in [6.07, 6.45) is 0. The number of aromatic nitrogens is 3. The van der Waals surface area contributed by atoms with Crippen molar-refractivity contribution >= 4 is 17.7 Å². The van der Waals surface area contributed by atoms with Crippen molar-refractivity contribution < 1.29 is 9.18 Å². The van der Waals surface area contributed by atoms with Gasteiger partial charge in [-0.25, -0.2) is 9.07 Å². The summed E-state index contributed by atoms with van der Waals surface area (Å²) in [6.45, 7) is 2.62. The van der Waals surface area contributed by atoms with Crippen LogP contribution in [0.25, 0.3) is 11.4 Å². The molecule has 27 heavy (non-hydrogen) atoms. The number of amides is 1. The number of halogens is 1. The summed E-state index contributed by atoms with van der Waals surface area (Å²) in [5.74, 6) is 6.38. The molecular weight excluding hydrogens is 365 g/mol. The van der Waals surface area contributed by atoms with Crippen LogP contribution in [0.1, 0.15) is 18.4 Å². The smallest absolute Gasteiger partial charge is 0.230 e. The zero-order valence-corrected chi connectivity index (χ0v) is 15.6. The highest BCUT2D eigenvalue weighted by atomic mass is 32.2. The Morgan fingerprint density at radius 3 is 2.59 bits per heavy atom. The molecule has 0 aliphatic carbocycles. The molecule has 3 N–H and O–H groups in total. The van der Waals surface area contributed by atoms with E-state index < -0.39 is 0 Å². The largest absolute Gasteiger partial charge is 0.355 e. The van der Waals surface area contributed by atoms with Gasteiger partial charge in [-0.3, -0.25) is 4.79 Å². The number of hydrogen-bond acceptors (Lipinski definition) is 5. The van der Waals surface area contributed by atoms with Gasteiger partial charge in [0.05, 0.1) is 5.75 Å². The number of hydrogen-bond donors (Lipinski definition) is 2. The first-order valence-corrected chi connectivity index (χ1v) is 9.44. The molecule has 3 aromatic rings. The van der Waals surface area contributed by atoms with Crippen LogP contribution in [0.15, 0.2) is 59.8 Å². The van der Waals surface area contributed by atoms with Gasteiger partial charge >= 0.3 is 0 Å². The number of nitrogens with one attached hydrogen (secondary N) is 1. The van der Waals surface area contributed by atoms with E-state index in [0.29, 0.717) is 23.1 Å². The number of rotatable bonds is 7. The van der Waals surface area contributed by atoms with Gasteiger partial charge in [-0.05, 0) is 35.7 Å². The summed E-state index contributed by atoms with van der Waals surface area (Å²) in [5, 5.41) is 11.4. The lowest BCUT2D eigenvalue weighted by molar-refractivity contribution is -0.118. The zero-order chi connectivity index (χ0) is 19.2. The molecule has 0 aliphatic rings. The second-order valence-corrected chi connectivity index (χ2v) is 7.03. The van der Waals surface area contributed by atoms with Crippen LogP contribution in [0.5, 0.6) is 0 Å². The molecule has 0 radical (unpaired) electrons. The average Bonchev–Trinajstić information content (AvgIpc) is 3.06. The van der Waals surface area contributed by atoms with E-state index in [4.69, 9.17) is 5.84 Å². The fourth-order valence-corrected chi connectivity index (χ4v) is 3.21. The van der Waals surface area contributed by atoms with E-state index in [-0.39, 0.29) is 23.4 Å². The van der Waals surface area contributed by atoms with Gasteiger partial charge in [0.25, 0.3) is 0 Å². The van der Waals surface area contributed by atoms with Crippen molar-refractivity contribution in [1.82, 2.24) is 20.2 Å². The third-order valence-electron chi connectivity index (χ3n) is 4.07. The highest BCUT2D eigenvalue weighted by Crippen LogP contribution is 2.21. The molecule has 6 nitrogen and oxygen atoms in total. The van der Waals surface area contributed by atoms with Crippen LogP contribution < -0.4 is 11.2 Å². The summed E-state index contributed by atoms with van der Waals surface area (Å²) in [7, 11) is 0. The van der Waals surface area contributed by atoms with E-state index in [0.717, 1.165) is 0 Å². The van der Waals surface area contributed by atoms with Crippen molar-refractivity contribution in [1.29, 1.82) is 0 Å². The Balaban J connectivity index is 1.53. The zero-order valence-electron chi connectivity index (χ0n) is 14.8. The number of benzene rings is 2. The maximum absolute atomic E-state index is 13.0. The van der Waals surface area contributed by atoms with Crippen LogP contribution in [0.4, 0.5) is 4.39 Å². The molecule has 1 heterocycles. The van der Waals surface area contributed by atoms with Gasteiger partial charge in [-0.1, -0.05) is 49.0 Å². The van der Waals surface area contributed by atoms with Gasteiger partial charge in [0, 0.05) is 12.1 Å². The molecule has 1 atom stereocenters. The second kappa shape index (κ2) is 8.68. The minimum atomic E-state index is -0.335. The topological polar surface area (TPSA) is 85.8 Å². The van der Waals surface area contributed by atoms with Crippen molar-refractivity contribution in [3.63, 3.8) is 0 Å². The standard InChI is InChI=1S/C19H20FN5OS/c1-13(14-5-3-2-4-6-14)11-22-17(26)12-27-19-24-23-18(25(19)21)15-7-9-16(20)10-8-15/h2-10,13H,11-12,21H2,1H3,(H,22,26)/t13-/m0/s1. The lowest BCUT2D eigenvalue weighted by atomic mass is 10.0. The minimum Gasteiger partial charge on any atom is -0.355 e. The van der Waals surface area contributed by atoms with Gasteiger partial charge in [0.2, 0.25) is 11.1 Å². The van der Waals surface area contributed by atoms with E-state index in [1.165, 1.54) is 34.1 Å². The van der Waals surface area contributed by atoms with Crippen LogP contribution in [0, 0.1) is 5.82 Å². The third-order valence-corrected chi connectivity index (χ3v) is 5.02. The Morgan fingerprint density at radius 2 is 1.89 bits per heavy atom. The number of nitrogens with zero attached hydrogens (tertiary/aromatic N) is 3. The molecule has 0 saturated heterocycles. The first-order valence-electron chi connectivity index (χ1n) is 8.45. The first-order chi connectivity index (χ1) is 13.0. The molecule has 0 saturated carbocycles. The Kier molecular flexibility index (Phi) is 6.08. The second-order valence-electron chi connectivity index (χ2n) is 6.09. The lowest BCUT2D eigenvalue weighted by Crippen LogP contribution is -2.29. The van der Waals surface area contributed by atoms with Crippen LogP contribution in [-0.4, -0.2) is 33.1 Å². The average molecular weight is 385 g/mol. The van der Waals surface area contributed by atoms with E-state index >= 15 is 0 Å². The van der Waals surface area contributed by atoms with Crippen molar-refractivity contribution in [2.24, 2.45) is 0 Å². The number of carbonyl (C=O) groups excluding carboxylic acids is 1. The Morgan fingerprint density at radius 1 is 1.19 bits per heavy atom. The maximum Gasteiger partial charge on any atom is 0.230 e. The molecule has 140 valence electrons. The molecule has 2 aromatic carbocycles. The Bertz CT molecular complexity index is 898. The quantitative estimate of drug-likeness (QED) is 0.482. The molecule has 8 heteroatoms. The molecule has 0 unspecified atom stereocenters. The molecule has 0 bridgehead atoms. The fraction of sp³-hybridized carbons (Fsp3) is 0.211. The molecule has 0 fully saturated rings. The van der Waals surface area contributed by atoms with Crippen LogP contribution >= 0.6 is 11.8 Å². The van der Waals surface area contributed by atoms with Crippen LogP contribution in [-0.2, 0) is 4.79 Å². The van der Waals surface area contributed by atoms with E-state index in [1.807, 2.05) is 30.3 Å². The normalized spacial score (nSPS) is 11.9. The number of thioether (sulfide) groups is 1. The Hall–Kier alpha value is -2.87. The SMILES string of the molecule is C[C@@H](CNC(=O)CSc1nnc(-c2ccc(F)cc2)n1N)c1ccccc1. The minimum absolute atomic E-state index is 0.103. The van der Waals surface area contributed by atoms with Gasteiger partial charge < -0.3 is 11.2 Å². The van der Waals surface area contributed by atoms with Crippen LogP contribution in [0.2, 0.25) is 0 Å². The van der Waals surface area contributed by atoms with Gasteiger partial charge in [-0.2, -0.15) is 0 Å². The van der Waals surface area contributed by atoms with Crippen molar-refractivity contribution in [3.05, 3.63) is 66.0 Å². The predicted octanol–water partition coefficient (Wildman–Crippen LogP) is 2.81. The molecule has 3 rings (SSSR count). The fourth-order valence-electron chi connectivity index (χ4n) is 2.52. The summed E-state index contributed by atoms with van der Waals surface area (Å²) in [6, 6.07) is 15.8. The van der Waals surface area contributed by atoms with E-state index in [1.54, 1.807) is 12.1 Å². The number of carbonyl (C=O) groups is 1. The van der Waals surface area contributed by atoms with Crippen molar-refractivity contribution in [2.75, 3.05) is 18.1 Å². The summed E-state index contributed by atoms with van der Waals surface area (Å²) < 4.78 is 14.3. The van der Waals surface area contributed by atoms with Crippen molar-refractivity contribution in [2.45, 2.75) is 18.0 Å². The summed E-state index contributed by atoms with van der Waals surface area (Å²) in [5.41, 5.74) is 1.83. The highest BCUT2D eigenvalue weighted by molar-refractivity contribution is 7.99. The Labute approximate surface area is 161 Å². The third kappa shape index (κ3) is 4.85. The van der Waals surface area contributed by atoms with Gasteiger partial charge in [0.1, 0.15) is 5.82 Å². The molecule has 0 aliphatic heterocycles. The van der Waals surface area contributed by atoms with E-state index in [2.05, 4.69) is 22.4 Å².